The number of rotatable bonds is 6. The zero-order chi connectivity index (χ0) is 33.2. The summed E-state index contributed by atoms with van der Waals surface area (Å²) in [4.78, 5) is 32.0. The predicted molar refractivity (Wildman–Crippen MR) is 179 cm³/mol. The molecule has 1 N–H and O–H groups in total. The minimum Gasteiger partial charge on any atom is -0.490 e. The van der Waals surface area contributed by atoms with E-state index < -0.39 is 5.60 Å². The topological polar surface area (TPSA) is 124 Å². The van der Waals surface area contributed by atoms with Gasteiger partial charge in [-0.2, -0.15) is 5.26 Å². The standard InChI is InChI=1S/C35H46ClN7O4/c1-34(2,3)47-33(45)43-18-16-41(17-19-43)26-21-35(22-26)12-14-42(15-13-35)31-11-10-30(39-40-31)32(44)38-25-5-8-27(9-6-25)46-28-7-4-24(23-37)29(36)20-28/h4,7,10-11,20,25-27H,5-6,8-9,12-19,21-22H2,1-3H3,(H,38,44)/t25-,27-. The van der Waals surface area contributed by atoms with Gasteiger partial charge in [0.25, 0.3) is 5.91 Å². The van der Waals surface area contributed by atoms with Crippen molar-refractivity contribution in [1.82, 2.24) is 25.3 Å². The molecule has 0 bridgehead atoms. The van der Waals surface area contributed by atoms with Crippen molar-refractivity contribution in [2.75, 3.05) is 44.2 Å². The highest BCUT2D eigenvalue weighted by atomic mass is 35.5. The third kappa shape index (κ3) is 8.10. The van der Waals surface area contributed by atoms with Crippen molar-refractivity contribution < 1.29 is 19.1 Å². The molecule has 3 heterocycles. The number of anilines is 1. The lowest BCUT2D eigenvalue weighted by atomic mass is 9.60. The number of nitrogens with one attached hydrogen (secondary N) is 1. The minimum absolute atomic E-state index is 0.0438. The maximum atomic E-state index is 12.9. The van der Waals surface area contributed by atoms with E-state index in [4.69, 9.17) is 26.3 Å². The van der Waals surface area contributed by atoms with Crippen LogP contribution in [-0.2, 0) is 4.74 Å². The normalized spacial score (nSPS) is 23.5. The lowest BCUT2D eigenvalue weighted by molar-refractivity contribution is -0.0396. The van der Waals surface area contributed by atoms with Crippen molar-refractivity contribution >= 4 is 29.4 Å². The first-order chi connectivity index (χ1) is 22.5. The van der Waals surface area contributed by atoms with Crippen LogP contribution in [0.25, 0.3) is 0 Å². The van der Waals surface area contributed by atoms with Gasteiger partial charge in [-0.1, -0.05) is 11.6 Å². The molecule has 2 amide bonds. The minimum atomic E-state index is -0.463. The van der Waals surface area contributed by atoms with Crippen LogP contribution in [0.3, 0.4) is 0 Å². The van der Waals surface area contributed by atoms with Crippen LogP contribution in [0.15, 0.2) is 30.3 Å². The molecule has 2 saturated carbocycles. The predicted octanol–water partition coefficient (Wildman–Crippen LogP) is 5.42. The first-order valence-electron chi connectivity index (χ1n) is 17.0. The van der Waals surface area contributed by atoms with Crippen LogP contribution in [0.2, 0.25) is 5.02 Å². The van der Waals surface area contributed by atoms with E-state index in [0.717, 1.165) is 83.6 Å². The number of hydrogen-bond donors (Lipinski definition) is 1. The Hall–Kier alpha value is -3.62. The summed E-state index contributed by atoms with van der Waals surface area (Å²) in [7, 11) is 0. The van der Waals surface area contributed by atoms with Crippen molar-refractivity contribution in [3.8, 4) is 11.8 Å². The van der Waals surface area contributed by atoms with E-state index in [1.54, 1.807) is 24.3 Å². The monoisotopic (exact) mass is 663 g/mol. The molecule has 2 aliphatic carbocycles. The number of carbonyl (C=O) groups excluding carboxylic acids is 2. The quantitative estimate of drug-likeness (QED) is 0.431. The number of aromatic nitrogens is 2. The molecule has 4 fully saturated rings. The van der Waals surface area contributed by atoms with Gasteiger partial charge in [-0.25, -0.2) is 4.79 Å². The van der Waals surface area contributed by atoms with Crippen LogP contribution in [-0.4, -0.2) is 95.1 Å². The molecule has 1 spiro atoms. The largest absolute Gasteiger partial charge is 0.490 e. The molecular weight excluding hydrogens is 618 g/mol. The number of piperidine rings is 1. The molecule has 47 heavy (non-hydrogen) atoms. The van der Waals surface area contributed by atoms with E-state index >= 15 is 0 Å². The van der Waals surface area contributed by atoms with E-state index in [9.17, 15) is 9.59 Å². The van der Waals surface area contributed by atoms with Crippen LogP contribution < -0.4 is 15.0 Å². The molecular formula is C35H46ClN7O4. The number of piperazine rings is 1. The molecule has 0 unspecified atom stereocenters. The van der Waals surface area contributed by atoms with Crippen molar-refractivity contribution in [1.29, 1.82) is 5.26 Å². The van der Waals surface area contributed by atoms with Gasteiger partial charge in [0.2, 0.25) is 0 Å². The van der Waals surface area contributed by atoms with E-state index in [2.05, 4.69) is 31.4 Å². The number of benzene rings is 1. The molecule has 1 aromatic carbocycles. The highest BCUT2D eigenvalue weighted by Gasteiger charge is 2.48. The van der Waals surface area contributed by atoms with Crippen LogP contribution >= 0.6 is 11.6 Å². The summed E-state index contributed by atoms with van der Waals surface area (Å²) in [6.45, 7) is 10.9. The zero-order valence-electron chi connectivity index (χ0n) is 27.7. The van der Waals surface area contributed by atoms with Crippen LogP contribution in [0, 0.1) is 16.7 Å². The molecule has 11 nitrogen and oxygen atoms in total. The Balaban J connectivity index is 0.896. The molecule has 2 aromatic rings. The Morgan fingerprint density at radius 2 is 1.68 bits per heavy atom. The maximum absolute atomic E-state index is 12.9. The summed E-state index contributed by atoms with van der Waals surface area (Å²) in [6.07, 6.45) is 7.79. The summed E-state index contributed by atoms with van der Waals surface area (Å²) >= 11 is 6.13. The molecule has 1 aromatic heterocycles. The van der Waals surface area contributed by atoms with Crippen LogP contribution in [0.4, 0.5) is 10.6 Å². The zero-order valence-corrected chi connectivity index (χ0v) is 28.5. The molecule has 6 rings (SSSR count). The van der Waals surface area contributed by atoms with Crippen molar-refractivity contribution in [2.24, 2.45) is 5.41 Å². The number of nitrogens with zero attached hydrogens (tertiary/aromatic N) is 6. The van der Waals surface area contributed by atoms with Gasteiger partial charge < -0.3 is 24.6 Å². The van der Waals surface area contributed by atoms with E-state index in [0.29, 0.717) is 33.5 Å². The molecule has 0 atom stereocenters. The number of amides is 2. The van der Waals surface area contributed by atoms with Gasteiger partial charge in [0, 0.05) is 57.4 Å². The van der Waals surface area contributed by atoms with Crippen molar-refractivity contribution in [3.63, 3.8) is 0 Å². The van der Waals surface area contributed by atoms with Crippen LogP contribution in [0.5, 0.6) is 5.75 Å². The van der Waals surface area contributed by atoms with Gasteiger partial charge in [-0.3, -0.25) is 9.69 Å². The van der Waals surface area contributed by atoms with E-state index in [1.807, 2.05) is 31.7 Å². The van der Waals surface area contributed by atoms with Gasteiger partial charge in [0.05, 0.1) is 16.7 Å². The van der Waals surface area contributed by atoms with Crippen molar-refractivity contribution in [2.45, 2.75) is 95.9 Å². The summed E-state index contributed by atoms with van der Waals surface area (Å²) in [5.41, 5.74) is 0.699. The van der Waals surface area contributed by atoms with Gasteiger partial charge in [-0.15, -0.1) is 10.2 Å². The number of carbonyl (C=O) groups is 2. The molecule has 2 aliphatic heterocycles. The average molecular weight is 664 g/mol. The highest BCUT2D eigenvalue weighted by Crippen LogP contribution is 2.51. The van der Waals surface area contributed by atoms with E-state index in [1.165, 1.54) is 12.8 Å². The van der Waals surface area contributed by atoms with E-state index in [-0.39, 0.29) is 24.1 Å². The number of hydrogen-bond acceptors (Lipinski definition) is 9. The second-order valence-electron chi connectivity index (χ2n) is 14.6. The number of nitriles is 1. The fraction of sp³-hybridized carbons (Fsp3) is 0.629. The third-order valence-electron chi connectivity index (χ3n) is 10.2. The number of halogens is 1. The Kier molecular flexibility index (Phi) is 9.81. The maximum Gasteiger partial charge on any atom is 0.410 e. The fourth-order valence-electron chi connectivity index (χ4n) is 7.46. The molecule has 0 radical (unpaired) electrons. The summed E-state index contributed by atoms with van der Waals surface area (Å²) in [5, 5.41) is 21.3. The molecule has 2 saturated heterocycles. The summed E-state index contributed by atoms with van der Waals surface area (Å²) in [5.74, 6) is 1.29. The lowest BCUT2D eigenvalue weighted by Gasteiger charge is -2.56. The molecule has 4 aliphatic rings. The second-order valence-corrected chi connectivity index (χ2v) is 15.1. The average Bonchev–Trinajstić information content (AvgIpc) is 3.04. The van der Waals surface area contributed by atoms with Crippen LogP contribution in [0.1, 0.15) is 88.2 Å². The fourth-order valence-corrected chi connectivity index (χ4v) is 7.68. The lowest BCUT2D eigenvalue weighted by Crippen LogP contribution is -2.59. The Morgan fingerprint density at radius 3 is 2.28 bits per heavy atom. The second kappa shape index (κ2) is 13.9. The van der Waals surface area contributed by atoms with Gasteiger partial charge in [0.15, 0.2) is 11.5 Å². The Morgan fingerprint density at radius 1 is 0.979 bits per heavy atom. The number of ether oxygens (including phenoxy) is 2. The summed E-state index contributed by atoms with van der Waals surface area (Å²) in [6, 6.07) is 11.5. The van der Waals surface area contributed by atoms with Crippen molar-refractivity contribution in [3.05, 3.63) is 46.6 Å². The molecule has 12 heteroatoms. The van der Waals surface area contributed by atoms with Gasteiger partial charge in [-0.05, 0) is 102 Å². The summed E-state index contributed by atoms with van der Waals surface area (Å²) < 4.78 is 11.6. The molecule has 252 valence electrons. The first kappa shape index (κ1) is 33.3. The van der Waals surface area contributed by atoms with Gasteiger partial charge >= 0.3 is 6.09 Å². The smallest absolute Gasteiger partial charge is 0.410 e. The SMILES string of the molecule is CC(C)(C)OC(=O)N1CCN(C2CC3(CCN(c4ccc(C(=O)N[C@H]5CC[C@H](Oc6ccc(C#N)c(Cl)c6)CC5)nn4)CC3)C2)CC1. The highest BCUT2D eigenvalue weighted by molar-refractivity contribution is 6.31. The first-order valence-corrected chi connectivity index (χ1v) is 17.3. The Labute approximate surface area is 282 Å². The van der Waals surface area contributed by atoms with Gasteiger partial charge in [0.1, 0.15) is 17.4 Å². The Bertz CT molecular complexity index is 1460. The third-order valence-corrected chi connectivity index (χ3v) is 10.5.